The maximum absolute atomic E-state index is 11.9. The van der Waals surface area contributed by atoms with Gasteiger partial charge in [0.2, 0.25) is 0 Å². The normalized spacial score (nSPS) is 14.9. The molecule has 0 aliphatic heterocycles. The molecule has 4 aromatic carbocycles. The molecular formula is C33H33NO. The van der Waals surface area contributed by atoms with Crippen molar-refractivity contribution >= 4 is 6.21 Å². The number of hydrogen-bond donors (Lipinski definition) is 1. The minimum Gasteiger partial charge on any atom is -0.507 e. The minimum atomic E-state index is -0.519. The summed E-state index contributed by atoms with van der Waals surface area (Å²) >= 11 is 0. The van der Waals surface area contributed by atoms with E-state index in [1.807, 2.05) is 36.5 Å². The Bertz CT molecular complexity index is 1230. The highest BCUT2D eigenvalue weighted by Crippen LogP contribution is 2.45. The Hall–Kier alpha value is -3.65. The summed E-state index contributed by atoms with van der Waals surface area (Å²) in [7, 11) is 0. The van der Waals surface area contributed by atoms with E-state index in [1.54, 1.807) is 0 Å². The van der Waals surface area contributed by atoms with Gasteiger partial charge in [0.15, 0.2) is 0 Å². The molecule has 4 aromatic rings. The van der Waals surface area contributed by atoms with Gasteiger partial charge in [0, 0.05) is 28.8 Å². The lowest BCUT2D eigenvalue weighted by atomic mass is 9.70. The van der Waals surface area contributed by atoms with Crippen molar-refractivity contribution in [3.63, 3.8) is 0 Å². The van der Waals surface area contributed by atoms with Gasteiger partial charge in [-0.25, -0.2) is 0 Å². The SMILES string of the molecule is CC(c1ccccc1)(c1ccccc1)c1ccc(-c2ccccc2)c(C=NC2CCCCC2)c1O. The largest absolute Gasteiger partial charge is 0.507 e. The zero-order chi connectivity index (χ0) is 24.1. The molecule has 1 aliphatic carbocycles. The van der Waals surface area contributed by atoms with Crippen LogP contribution in [-0.4, -0.2) is 17.4 Å². The molecule has 0 amide bonds. The van der Waals surface area contributed by atoms with Crippen LogP contribution in [0.1, 0.15) is 61.3 Å². The van der Waals surface area contributed by atoms with Crippen LogP contribution in [0.4, 0.5) is 0 Å². The van der Waals surface area contributed by atoms with Crippen LogP contribution in [-0.2, 0) is 5.41 Å². The van der Waals surface area contributed by atoms with Gasteiger partial charge < -0.3 is 5.11 Å². The Balaban J connectivity index is 1.70. The first kappa shape index (κ1) is 23.1. The highest BCUT2D eigenvalue weighted by Gasteiger charge is 2.34. The van der Waals surface area contributed by atoms with Crippen molar-refractivity contribution in [2.75, 3.05) is 0 Å². The summed E-state index contributed by atoms with van der Waals surface area (Å²) < 4.78 is 0. The van der Waals surface area contributed by atoms with Crippen LogP contribution >= 0.6 is 0 Å². The topological polar surface area (TPSA) is 32.6 Å². The molecule has 35 heavy (non-hydrogen) atoms. The van der Waals surface area contributed by atoms with Gasteiger partial charge in [-0.1, -0.05) is 122 Å². The van der Waals surface area contributed by atoms with Crippen LogP contribution in [0.15, 0.2) is 108 Å². The van der Waals surface area contributed by atoms with Crippen molar-refractivity contribution in [3.8, 4) is 16.9 Å². The third-order valence-electron chi connectivity index (χ3n) is 7.53. The molecule has 0 heterocycles. The smallest absolute Gasteiger partial charge is 0.129 e. The Kier molecular flexibility index (Phi) is 6.81. The van der Waals surface area contributed by atoms with E-state index in [1.165, 1.54) is 19.3 Å². The summed E-state index contributed by atoms with van der Waals surface area (Å²) in [6.45, 7) is 2.21. The van der Waals surface area contributed by atoms with Crippen molar-refractivity contribution in [1.82, 2.24) is 0 Å². The average molecular weight is 460 g/mol. The lowest BCUT2D eigenvalue weighted by molar-refractivity contribution is 0.443. The molecule has 0 bridgehead atoms. The van der Waals surface area contributed by atoms with Crippen molar-refractivity contribution in [1.29, 1.82) is 0 Å². The van der Waals surface area contributed by atoms with E-state index in [0.29, 0.717) is 11.8 Å². The summed E-state index contributed by atoms with van der Waals surface area (Å²) in [5.74, 6) is 0.307. The van der Waals surface area contributed by atoms with Gasteiger partial charge in [-0.2, -0.15) is 0 Å². The van der Waals surface area contributed by atoms with Crippen molar-refractivity contribution in [2.24, 2.45) is 4.99 Å². The molecule has 0 atom stereocenters. The zero-order valence-electron chi connectivity index (χ0n) is 20.4. The van der Waals surface area contributed by atoms with E-state index in [4.69, 9.17) is 4.99 Å². The quantitative estimate of drug-likeness (QED) is 0.229. The van der Waals surface area contributed by atoms with Gasteiger partial charge in [-0.05, 0) is 42.0 Å². The Labute approximate surface area is 209 Å². The first-order valence-corrected chi connectivity index (χ1v) is 12.7. The third-order valence-corrected chi connectivity index (χ3v) is 7.53. The first-order valence-electron chi connectivity index (χ1n) is 12.7. The predicted molar refractivity (Wildman–Crippen MR) is 146 cm³/mol. The number of phenols is 1. The summed E-state index contributed by atoms with van der Waals surface area (Å²) in [6, 6.07) is 35.8. The van der Waals surface area contributed by atoms with Gasteiger partial charge in [-0.3, -0.25) is 4.99 Å². The monoisotopic (exact) mass is 459 g/mol. The van der Waals surface area contributed by atoms with E-state index in [0.717, 1.165) is 46.2 Å². The standard InChI is InChI=1S/C33H33NO/c1-33(26-16-8-3-9-17-26,27-18-10-4-11-19-27)31-23-22-29(25-14-6-2-7-15-25)30(32(31)35)24-34-28-20-12-5-13-21-28/h2-4,6-11,14-19,22-24,28,35H,5,12-13,20-21H2,1H3. The molecule has 1 aliphatic rings. The number of aromatic hydroxyl groups is 1. The van der Waals surface area contributed by atoms with E-state index in [2.05, 4.69) is 79.7 Å². The van der Waals surface area contributed by atoms with Crippen LogP contribution in [0.3, 0.4) is 0 Å². The molecule has 1 fully saturated rings. The number of benzene rings is 4. The van der Waals surface area contributed by atoms with E-state index < -0.39 is 5.41 Å². The van der Waals surface area contributed by atoms with Crippen molar-refractivity contribution in [3.05, 3.63) is 125 Å². The van der Waals surface area contributed by atoms with Crippen molar-refractivity contribution < 1.29 is 5.11 Å². The average Bonchev–Trinajstić information content (AvgIpc) is 2.94. The second-order valence-electron chi connectivity index (χ2n) is 9.72. The molecule has 1 N–H and O–H groups in total. The molecule has 1 saturated carbocycles. The van der Waals surface area contributed by atoms with Crippen molar-refractivity contribution in [2.45, 2.75) is 50.5 Å². The fourth-order valence-corrected chi connectivity index (χ4v) is 5.44. The lowest BCUT2D eigenvalue weighted by Crippen LogP contribution is -2.26. The fourth-order valence-electron chi connectivity index (χ4n) is 5.44. The zero-order valence-corrected chi connectivity index (χ0v) is 20.4. The summed E-state index contributed by atoms with van der Waals surface area (Å²) in [5.41, 5.74) is 5.55. The summed E-state index contributed by atoms with van der Waals surface area (Å²) in [6.07, 6.45) is 7.97. The Morgan fingerprint density at radius 3 is 1.83 bits per heavy atom. The number of nitrogens with zero attached hydrogens (tertiary/aromatic N) is 1. The second kappa shape index (κ2) is 10.3. The molecule has 0 radical (unpaired) electrons. The number of rotatable bonds is 6. The molecule has 0 spiro atoms. The van der Waals surface area contributed by atoms with Gasteiger partial charge in [-0.15, -0.1) is 0 Å². The first-order chi connectivity index (χ1) is 17.2. The molecule has 0 unspecified atom stereocenters. The Morgan fingerprint density at radius 1 is 0.714 bits per heavy atom. The highest BCUT2D eigenvalue weighted by molar-refractivity contribution is 5.94. The van der Waals surface area contributed by atoms with Crippen LogP contribution < -0.4 is 0 Å². The fraction of sp³-hybridized carbons (Fsp3) is 0.242. The third kappa shape index (κ3) is 4.66. The van der Waals surface area contributed by atoms with Crippen LogP contribution in [0.2, 0.25) is 0 Å². The maximum Gasteiger partial charge on any atom is 0.129 e. The minimum absolute atomic E-state index is 0.307. The molecule has 176 valence electrons. The number of hydrogen-bond acceptors (Lipinski definition) is 2. The molecule has 0 aromatic heterocycles. The highest BCUT2D eigenvalue weighted by atomic mass is 16.3. The van der Waals surface area contributed by atoms with Gasteiger partial charge >= 0.3 is 0 Å². The molecule has 0 saturated heterocycles. The van der Waals surface area contributed by atoms with Gasteiger partial charge in [0.25, 0.3) is 0 Å². The van der Waals surface area contributed by atoms with E-state index >= 15 is 0 Å². The molecular weight excluding hydrogens is 426 g/mol. The lowest BCUT2D eigenvalue weighted by Gasteiger charge is -2.33. The van der Waals surface area contributed by atoms with Gasteiger partial charge in [0.1, 0.15) is 5.75 Å². The maximum atomic E-state index is 11.9. The Morgan fingerprint density at radius 2 is 1.26 bits per heavy atom. The van der Waals surface area contributed by atoms with E-state index in [-0.39, 0.29) is 0 Å². The molecule has 2 nitrogen and oxygen atoms in total. The van der Waals surface area contributed by atoms with E-state index in [9.17, 15) is 5.11 Å². The second-order valence-corrected chi connectivity index (χ2v) is 9.72. The van der Waals surface area contributed by atoms with Gasteiger partial charge in [0.05, 0.1) is 0 Å². The summed E-state index contributed by atoms with van der Waals surface area (Å²) in [4.78, 5) is 4.98. The van der Waals surface area contributed by atoms with Crippen LogP contribution in [0, 0.1) is 0 Å². The number of aliphatic imine (C=N–C) groups is 1. The predicted octanol–water partition coefficient (Wildman–Crippen LogP) is 8.17. The van der Waals surface area contributed by atoms with Crippen LogP contribution in [0.5, 0.6) is 5.75 Å². The number of phenolic OH excluding ortho intramolecular Hbond substituents is 1. The van der Waals surface area contributed by atoms with Crippen LogP contribution in [0.25, 0.3) is 11.1 Å². The molecule has 2 heteroatoms. The molecule has 5 rings (SSSR count). The summed E-state index contributed by atoms with van der Waals surface area (Å²) in [5, 5.41) is 11.9.